The lowest BCUT2D eigenvalue weighted by molar-refractivity contribution is -0.123. The summed E-state index contributed by atoms with van der Waals surface area (Å²) in [4.78, 5) is 22.7. The summed E-state index contributed by atoms with van der Waals surface area (Å²) in [6.07, 6.45) is 0.977. The molecule has 0 saturated heterocycles. The molecule has 0 bridgehead atoms. The van der Waals surface area contributed by atoms with Gasteiger partial charge >= 0.3 is 0 Å². The molecule has 23 heavy (non-hydrogen) atoms. The molecule has 1 heterocycles. The van der Waals surface area contributed by atoms with Crippen LogP contribution in [-0.2, 0) is 9.59 Å². The minimum absolute atomic E-state index is 0.0806. The maximum Gasteiger partial charge on any atom is 0.257 e. The van der Waals surface area contributed by atoms with Crippen LogP contribution in [0.2, 0.25) is 5.02 Å². The van der Waals surface area contributed by atoms with Gasteiger partial charge in [-0.05, 0) is 29.7 Å². The van der Waals surface area contributed by atoms with Gasteiger partial charge < -0.3 is 10.1 Å². The number of carbonyl (C=O) groups excluding carboxylic acids is 2. The maximum absolute atomic E-state index is 11.6. The minimum atomic E-state index is -0.182. The first kappa shape index (κ1) is 17.3. The molecule has 1 aromatic carbocycles. The molecule has 0 spiro atoms. The minimum Gasteiger partial charge on any atom is -0.482 e. The Hall–Kier alpha value is -2.08. The molecule has 7 heteroatoms. The predicted molar refractivity (Wildman–Crippen MR) is 88.7 cm³/mol. The number of halogens is 1. The highest BCUT2D eigenvalue weighted by Crippen LogP contribution is 2.26. The Balaban J connectivity index is 1.94. The third-order valence-corrected chi connectivity index (χ3v) is 3.53. The van der Waals surface area contributed by atoms with Gasteiger partial charge in [0.15, 0.2) is 6.61 Å². The van der Waals surface area contributed by atoms with Crippen LogP contribution in [-0.4, -0.2) is 30.7 Å². The van der Waals surface area contributed by atoms with E-state index in [1.807, 2.05) is 19.9 Å². The van der Waals surface area contributed by atoms with Crippen LogP contribution < -0.4 is 15.5 Å². The zero-order chi connectivity index (χ0) is 16.8. The van der Waals surface area contributed by atoms with Gasteiger partial charge in [-0.15, -0.1) is 0 Å². The van der Waals surface area contributed by atoms with E-state index in [2.05, 4.69) is 15.8 Å². The molecule has 124 valence electrons. The average molecular weight is 338 g/mol. The molecule has 0 fully saturated rings. The Labute approximate surface area is 140 Å². The lowest BCUT2D eigenvalue weighted by Gasteiger charge is -2.14. The summed E-state index contributed by atoms with van der Waals surface area (Å²) < 4.78 is 5.44. The number of ether oxygens (including phenoxy) is 1. The van der Waals surface area contributed by atoms with Crippen molar-refractivity contribution in [3.8, 4) is 5.75 Å². The van der Waals surface area contributed by atoms with E-state index in [4.69, 9.17) is 16.3 Å². The van der Waals surface area contributed by atoms with E-state index in [1.165, 1.54) is 0 Å². The van der Waals surface area contributed by atoms with Crippen molar-refractivity contribution >= 4 is 29.1 Å². The van der Waals surface area contributed by atoms with Crippen LogP contribution in [0.3, 0.4) is 0 Å². The third kappa shape index (κ3) is 5.25. The number of nitrogens with zero attached hydrogens (tertiary/aromatic N) is 1. The fraction of sp³-hybridized carbons (Fsp3) is 0.438. The molecule has 0 unspecified atom stereocenters. The summed E-state index contributed by atoms with van der Waals surface area (Å²) in [5, 5.41) is 7.19. The van der Waals surface area contributed by atoms with Crippen LogP contribution >= 0.6 is 11.6 Å². The summed E-state index contributed by atoms with van der Waals surface area (Å²) in [5.74, 6) is 0.555. The molecule has 0 radical (unpaired) electrons. The highest BCUT2D eigenvalue weighted by atomic mass is 35.5. The van der Waals surface area contributed by atoms with Gasteiger partial charge in [0.1, 0.15) is 5.75 Å². The second-order valence-electron chi connectivity index (χ2n) is 5.73. The van der Waals surface area contributed by atoms with Gasteiger partial charge in [-0.3, -0.25) is 9.59 Å². The SMILES string of the molecule is CC(C)CNC(=O)COc1ccc(C2=NNC(=O)CC2)cc1Cl. The molecule has 0 atom stereocenters. The third-order valence-electron chi connectivity index (χ3n) is 3.24. The number of nitrogens with one attached hydrogen (secondary N) is 2. The van der Waals surface area contributed by atoms with Gasteiger partial charge in [0, 0.05) is 19.4 Å². The number of rotatable bonds is 6. The fourth-order valence-corrected chi connectivity index (χ4v) is 2.23. The largest absolute Gasteiger partial charge is 0.482 e. The van der Waals surface area contributed by atoms with E-state index in [-0.39, 0.29) is 18.4 Å². The molecule has 1 aromatic rings. The van der Waals surface area contributed by atoms with Gasteiger partial charge in [0.2, 0.25) is 5.91 Å². The second kappa shape index (κ2) is 7.97. The van der Waals surface area contributed by atoms with Crippen molar-refractivity contribution in [3.63, 3.8) is 0 Å². The van der Waals surface area contributed by atoms with Gasteiger partial charge in [-0.25, -0.2) is 5.43 Å². The first-order valence-corrected chi connectivity index (χ1v) is 7.88. The van der Waals surface area contributed by atoms with Crippen LogP contribution in [0.4, 0.5) is 0 Å². The molecule has 0 aliphatic carbocycles. The number of hydrazone groups is 1. The van der Waals surface area contributed by atoms with Crippen LogP contribution in [0.1, 0.15) is 32.3 Å². The summed E-state index contributed by atoms with van der Waals surface area (Å²) in [5.41, 5.74) is 4.05. The Morgan fingerprint density at radius 1 is 1.43 bits per heavy atom. The van der Waals surface area contributed by atoms with Crippen LogP contribution in [0.25, 0.3) is 0 Å². The van der Waals surface area contributed by atoms with Crippen molar-refractivity contribution in [2.75, 3.05) is 13.2 Å². The first-order chi connectivity index (χ1) is 11.0. The van der Waals surface area contributed by atoms with Gasteiger partial charge in [-0.1, -0.05) is 25.4 Å². The Kier molecular flexibility index (Phi) is 5.98. The molecule has 2 N–H and O–H groups in total. The van der Waals surface area contributed by atoms with E-state index < -0.39 is 0 Å². The predicted octanol–water partition coefficient (Wildman–Crippen LogP) is 2.11. The van der Waals surface area contributed by atoms with E-state index in [0.29, 0.717) is 36.1 Å². The van der Waals surface area contributed by atoms with E-state index in [1.54, 1.807) is 12.1 Å². The number of hydrogen-bond donors (Lipinski definition) is 2. The number of benzene rings is 1. The zero-order valence-electron chi connectivity index (χ0n) is 13.2. The monoisotopic (exact) mass is 337 g/mol. The van der Waals surface area contributed by atoms with Crippen molar-refractivity contribution in [3.05, 3.63) is 28.8 Å². The van der Waals surface area contributed by atoms with Gasteiger partial charge in [-0.2, -0.15) is 5.10 Å². The molecule has 0 saturated carbocycles. The average Bonchev–Trinajstić information content (AvgIpc) is 2.52. The summed E-state index contributed by atoms with van der Waals surface area (Å²) in [7, 11) is 0. The van der Waals surface area contributed by atoms with Crippen molar-refractivity contribution < 1.29 is 14.3 Å². The van der Waals surface area contributed by atoms with Gasteiger partial charge in [0.25, 0.3) is 5.91 Å². The molecule has 6 nitrogen and oxygen atoms in total. The van der Waals surface area contributed by atoms with Crippen LogP contribution in [0.15, 0.2) is 23.3 Å². The summed E-state index contributed by atoms with van der Waals surface area (Å²) in [6, 6.07) is 5.23. The maximum atomic E-state index is 11.6. The molecular weight excluding hydrogens is 318 g/mol. The standard InChI is InChI=1S/C16H20ClN3O3/c1-10(2)8-18-16(22)9-23-14-5-3-11(7-12(14)17)13-4-6-15(21)20-19-13/h3,5,7,10H,4,6,8-9H2,1-2H3,(H,18,22)(H,20,21). The lowest BCUT2D eigenvalue weighted by Crippen LogP contribution is -2.31. The molecule has 1 aliphatic heterocycles. The quantitative estimate of drug-likeness (QED) is 0.834. The molecule has 2 amide bonds. The fourth-order valence-electron chi connectivity index (χ4n) is 1.99. The van der Waals surface area contributed by atoms with E-state index in [9.17, 15) is 9.59 Å². The lowest BCUT2D eigenvalue weighted by atomic mass is 10.0. The first-order valence-electron chi connectivity index (χ1n) is 7.50. The highest BCUT2D eigenvalue weighted by Gasteiger charge is 2.15. The Morgan fingerprint density at radius 3 is 2.83 bits per heavy atom. The molecule has 2 rings (SSSR count). The van der Waals surface area contributed by atoms with Crippen molar-refractivity contribution in [2.45, 2.75) is 26.7 Å². The summed E-state index contributed by atoms with van der Waals surface area (Å²) >= 11 is 6.19. The van der Waals surface area contributed by atoms with Crippen LogP contribution in [0, 0.1) is 5.92 Å². The van der Waals surface area contributed by atoms with Crippen molar-refractivity contribution in [2.24, 2.45) is 11.0 Å². The number of carbonyl (C=O) groups is 2. The normalized spacial score (nSPS) is 14.3. The number of hydrogen-bond acceptors (Lipinski definition) is 4. The molecule has 1 aliphatic rings. The van der Waals surface area contributed by atoms with Gasteiger partial charge in [0.05, 0.1) is 10.7 Å². The Bertz CT molecular complexity index is 629. The summed E-state index contributed by atoms with van der Waals surface area (Å²) in [6.45, 7) is 4.57. The zero-order valence-corrected chi connectivity index (χ0v) is 13.9. The topological polar surface area (TPSA) is 79.8 Å². The van der Waals surface area contributed by atoms with Crippen molar-refractivity contribution in [1.82, 2.24) is 10.7 Å². The van der Waals surface area contributed by atoms with Crippen LogP contribution in [0.5, 0.6) is 5.75 Å². The highest BCUT2D eigenvalue weighted by molar-refractivity contribution is 6.32. The number of amides is 2. The van der Waals surface area contributed by atoms with E-state index >= 15 is 0 Å². The molecule has 0 aromatic heterocycles. The van der Waals surface area contributed by atoms with E-state index in [0.717, 1.165) is 11.3 Å². The smallest absolute Gasteiger partial charge is 0.257 e. The molecular formula is C16H20ClN3O3. The second-order valence-corrected chi connectivity index (χ2v) is 6.13. The Morgan fingerprint density at radius 2 is 2.22 bits per heavy atom. The van der Waals surface area contributed by atoms with Crippen molar-refractivity contribution in [1.29, 1.82) is 0 Å².